The molecule has 19 heavy (non-hydrogen) atoms. The van der Waals surface area contributed by atoms with E-state index in [4.69, 9.17) is 10.2 Å². The van der Waals surface area contributed by atoms with Crippen LogP contribution >= 0.6 is 0 Å². The quantitative estimate of drug-likeness (QED) is 0.730. The fourth-order valence-corrected chi connectivity index (χ4v) is 1.97. The number of fused-ring (bicyclic) bond motifs is 1. The van der Waals surface area contributed by atoms with Crippen LogP contribution in [0.5, 0.6) is 0 Å². The third-order valence-electron chi connectivity index (χ3n) is 3.07. The number of hydrogen-bond donors (Lipinski definition) is 3. The van der Waals surface area contributed by atoms with Crippen LogP contribution in [0.1, 0.15) is 19.4 Å². The van der Waals surface area contributed by atoms with Crippen molar-refractivity contribution in [3.63, 3.8) is 0 Å². The van der Waals surface area contributed by atoms with Crippen LogP contribution < -0.4 is 16.8 Å². The molecule has 0 saturated carbocycles. The summed E-state index contributed by atoms with van der Waals surface area (Å²) in [4.78, 5) is 24.4. The van der Waals surface area contributed by atoms with Gasteiger partial charge in [0.15, 0.2) is 5.58 Å². The van der Waals surface area contributed by atoms with Gasteiger partial charge in [0, 0.05) is 12.0 Å². The van der Waals surface area contributed by atoms with Crippen molar-refractivity contribution >= 4 is 17.0 Å². The first-order chi connectivity index (χ1) is 8.88. The number of H-pyrrole nitrogens is 1. The van der Waals surface area contributed by atoms with Crippen LogP contribution in [0, 0.1) is 0 Å². The highest BCUT2D eigenvalue weighted by Gasteiger charge is 2.21. The highest BCUT2D eigenvalue weighted by atomic mass is 16.4. The number of oxazole rings is 1. The van der Waals surface area contributed by atoms with Gasteiger partial charge in [-0.2, -0.15) is 0 Å². The molecular weight excluding hydrogens is 246 g/mol. The molecule has 6 heteroatoms. The molecule has 4 N–H and O–H groups in total. The first kappa shape index (κ1) is 13.4. The molecule has 1 amide bonds. The van der Waals surface area contributed by atoms with Gasteiger partial charge in [-0.1, -0.05) is 19.9 Å². The van der Waals surface area contributed by atoms with E-state index in [0.717, 1.165) is 5.56 Å². The Labute approximate surface area is 110 Å². The number of nitrogens with two attached hydrogens (primary N) is 1. The second-order valence-electron chi connectivity index (χ2n) is 5.18. The maximum Gasteiger partial charge on any atom is 0.417 e. The summed E-state index contributed by atoms with van der Waals surface area (Å²) in [7, 11) is 0. The Bertz CT molecular complexity index is 654. The molecular formula is C13H17N3O3. The standard InChI is InChI=1S/C13H17N3O3/c1-13(2,7-15-6-11(14)17)8-3-4-9-10(5-8)19-12(18)16-9/h3-5,15H,6-7H2,1-2H3,(H2,14,17)(H,16,18). The summed E-state index contributed by atoms with van der Waals surface area (Å²) in [6.45, 7) is 4.81. The summed E-state index contributed by atoms with van der Waals surface area (Å²) in [5.41, 5.74) is 7.10. The smallest absolute Gasteiger partial charge is 0.408 e. The first-order valence-electron chi connectivity index (χ1n) is 6.01. The number of nitrogens with one attached hydrogen (secondary N) is 2. The number of aromatic nitrogens is 1. The van der Waals surface area contributed by atoms with E-state index >= 15 is 0 Å². The van der Waals surface area contributed by atoms with Gasteiger partial charge in [0.1, 0.15) is 0 Å². The summed E-state index contributed by atoms with van der Waals surface area (Å²) < 4.78 is 5.04. The van der Waals surface area contributed by atoms with Crippen LogP contribution in [0.25, 0.3) is 11.1 Å². The third kappa shape index (κ3) is 3.03. The average Bonchev–Trinajstić information content (AvgIpc) is 2.67. The van der Waals surface area contributed by atoms with Crippen LogP contribution in [-0.4, -0.2) is 24.0 Å². The lowest BCUT2D eigenvalue weighted by molar-refractivity contribution is -0.117. The zero-order chi connectivity index (χ0) is 14.0. The summed E-state index contributed by atoms with van der Waals surface area (Å²) in [6.07, 6.45) is 0. The van der Waals surface area contributed by atoms with Crippen LogP contribution in [-0.2, 0) is 10.2 Å². The van der Waals surface area contributed by atoms with E-state index in [9.17, 15) is 9.59 Å². The van der Waals surface area contributed by atoms with Gasteiger partial charge in [0.25, 0.3) is 0 Å². The van der Waals surface area contributed by atoms with E-state index in [1.165, 1.54) is 0 Å². The predicted octanol–water partition coefficient (Wildman–Crippen LogP) is 0.474. The monoisotopic (exact) mass is 263 g/mol. The summed E-state index contributed by atoms with van der Waals surface area (Å²) in [6, 6.07) is 5.57. The molecule has 0 fully saturated rings. The largest absolute Gasteiger partial charge is 0.417 e. The Morgan fingerprint density at radius 3 is 2.89 bits per heavy atom. The molecule has 0 atom stereocenters. The number of primary amides is 1. The molecule has 2 rings (SSSR count). The predicted molar refractivity (Wildman–Crippen MR) is 71.9 cm³/mol. The Morgan fingerprint density at radius 2 is 2.21 bits per heavy atom. The van der Waals surface area contributed by atoms with Gasteiger partial charge in [-0.25, -0.2) is 4.79 Å². The minimum absolute atomic E-state index is 0.144. The van der Waals surface area contributed by atoms with Gasteiger partial charge in [-0.15, -0.1) is 0 Å². The zero-order valence-electron chi connectivity index (χ0n) is 10.9. The molecule has 1 heterocycles. The van der Waals surface area contributed by atoms with Crippen LogP contribution in [0.15, 0.2) is 27.4 Å². The van der Waals surface area contributed by atoms with E-state index in [1.54, 1.807) is 0 Å². The van der Waals surface area contributed by atoms with Crippen molar-refractivity contribution in [1.82, 2.24) is 10.3 Å². The molecule has 1 aromatic heterocycles. The number of carbonyl (C=O) groups is 1. The lowest BCUT2D eigenvalue weighted by Gasteiger charge is -2.25. The lowest BCUT2D eigenvalue weighted by atomic mass is 9.84. The Morgan fingerprint density at radius 1 is 1.47 bits per heavy atom. The summed E-state index contributed by atoms with van der Waals surface area (Å²) >= 11 is 0. The van der Waals surface area contributed by atoms with E-state index in [1.807, 2.05) is 32.0 Å². The fraction of sp³-hybridized carbons (Fsp3) is 0.385. The van der Waals surface area contributed by atoms with E-state index < -0.39 is 5.76 Å². The number of rotatable bonds is 5. The minimum Gasteiger partial charge on any atom is -0.408 e. The molecule has 0 saturated heterocycles. The Kier molecular flexibility index (Phi) is 3.44. The average molecular weight is 263 g/mol. The molecule has 0 aliphatic rings. The van der Waals surface area contributed by atoms with Gasteiger partial charge in [-0.05, 0) is 17.7 Å². The van der Waals surface area contributed by atoms with Crippen LogP contribution in [0.3, 0.4) is 0 Å². The molecule has 0 aliphatic carbocycles. The molecule has 0 bridgehead atoms. The highest BCUT2D eigenvalue weighted by Crippen LogP contribution is 2.25. The molecule has 0 spiro atoms. The molecule has 2 aromatic rings. The van der Waals surface area contributed by atoms with Crippen molar-refractivity contribution < 1.29 is 9.21 Å². The van der Waals surface area contributed by atoms with Gasteiger partial charge in [0.05, 0.1) is 12.1 Å². The topological polar surface area (TPSA) is 101 Å². The van der Waals surface area contributed by atoms with Crippen molar-refractivity contribution in [1.29, 1.82) is 0 Å². The molecule has 6 nitrogen and oxygen atoms in total. The van der Waals surface area contributed by atoms with E-state index in [-0.39, 0.29) is 17.9 Å². The number of benzene rings is 1. The molecule has 102 valence electrons. The van der Waals surface area contributed by atoms with Crippen molar-refractivity contribution in [2.75, 3.05) is 13.1 Å². The van der Waals surface area contributed by atoms with Gasteiger partial charge >= 0.3 is 5.76 Å². The first-order valence-corrected chi connectivity index (χ1v) is 6.01. The maximum atomic E-state index is 11.1. The number of carbonyl (C=O) groups excluding carboxylic acids is 1. The molecule has 0 unspecified atom stereocenters. The number of amides is 1. The second-order valence-corrected chi connectivity index (χ2v) is 5.18. The van der Waals surface area contributed by atoms with Crippen LogP contribution in [0.4, 0.5) is 0 Å². The van der Waals surface area contributed by atoms with Gasteiger partial charge < -0.3 is 15.5 Å². The SMILES string of the molecule is CC(C)(CNCC(N)=O)c1ccc2[nH]c(=O)oc2c1. The third-order valence-corrected chi connectivity index (χ3v) is 3.07. The Balaban J connectivity index is 2.21. The lowest BCUT2D eigenvalue weighted by Crippen LogP contribution is -2.37. The number of aromatic amines is 1. The van der Waals surface area contributed by atoms with Crippen LogP contribution in [0.2, 0.25) is 0 Å². The summed E-state index contributed by atoms with van der Waals surface area (Å²) in [5, 5.41) is 3.00. The highest BCUT2D eigenvalue weighted by molar-refractivity contribution is 5.76. The van der Waals surface area contributed by atoms with E-state index in [0.29, 0.717) is 17.6 Å². The van der Waals surface area contributed by atoms with Crippen molar-refractivity contribution in [2.24, 2.45) is 5.73 Å². The van der Waals surface area contributed by atoms with Gasteiger partial charge in [-0.3, -0.25) is 9.78 Å². The van der Waals surface area contributed by atoms with Crippen molar-refractivity contribution in [3.05, 3.63) is 34.3 Å². The molecule has 0 radical (unpaired) electrons. The van der Waals surface area contributed by atoms with E-state index in [2.05, 4.69) is 10.3 Å². The van der Waals surface area contributed by atoms with Crippen molar-refractivity contribution in [2.45, 2.75) is 19.3 Å². The Hall–Kier alpha value is -2.08. The fourth-order valence-electron chi connectivity index (χ4n) is 1.97. The molecule has 1 aromatic carbocycles. The summed E-state index contributed by atoms with van der Waals surface area (Å²) in [5.74, 6) is -0.848. The zero-order valence-corrected chi connectivity index (χ0v) is 10.9. The van der Waals surface area contributed by atoms with Gasteiger partial charge in [0.2, 0.25) is 5.91 Å². The van der Waals surface area contributed by atoms with Crippen molar-refractivity contribution in [3.8, 4) is 0 Å². The number of hydrogen-bond acceptors (Lipinski definition) is 4. The second kappa shape index (κ2) is 4.89. The maximum absolute atomic E-state index is 11.1. The minimum atomic E-state index is -0.461. The normalized spacial score (nSPS) is 11.9. The molecule has 0 aliphatic heterocycles.